The van der Waals surface area contributed by atoms with E-state index in [-0.39, 0.29) is 0 Å². The van der Waals surface area contributed by atoms with Crippen molar-refractivity contribution in [3.05, 3.63) is 63.6 Å². The molecule has 106 valence electrons. The third-order valence-electron chi connectivity index (χ3n) is 2.82. The first-order chi connectivity index (χ1) is 10.1. The number of carbonyl (C=O) groups excluding carboxylic acids is 1. The Morgan fingerprint density at radius 1 is 1.05 bits per heavy atom. The molecule has 0 aliphatic carbocycles. The molecule has 0 atom stereocenters. The number of carbonyl (C=O) groups is 2. The number of nitrogens with one attached hydrogen (secondary N) is 1. The summed E-state index contributed by atoms with van der Waals surface area (Å²) in [6, 6.07) is 12.4. The van der Waals surface area contributed by atoms with Gasteiger partial charge in [0.2, 0.25) is 0 Å². The van der Waals surface area contributed by atoms with E-state index in [1.54, 1.807) is 36.4 Å². The maximum atomic E-state index is 11.1. The smallest absolute Gasteiger partial charge is 0.409 e. The Hall–Kier alpha value is -2.40. The molecule has 0 radical (unpaired) electrons. The number of hydrogen-bond acceptors (Lipinski definition) is 2. The van der Waals surface area contributed by atoms with Gasteiger partial charge in [-0.15, -0.1) is 0 Å². The van der Waals surface area contributed by atoms with E-state index in [9.17, 15) is 9.59 Å². The SMILES string of the molecule is O=Cc1cc(Br)ccc1C=Cc1ccccc1NC(=O)O. The Labute approximate surface area is 130 Å². The van der Waals surface area contributed by atoms with Gasteiger partial charge in [0.15, 0.2) is 6.29 Å². The minimum atomic E-state index is -1.12. The standard InChI is InChI=1S/C16H12BrNO3/c17-14-8-7-11(13(9-14)10-19)5-6-12-3-1-2-4-15(12)18-16(20)21/h1-10,18H,(H,20,21). The molecule has 5 heteroatoms. The van der Waals surface area contributed by atoms with Gasteiger partial charge >= 0.3 is 6.09 Å². The van der Waals surface area contributed by atoms with Gasteiger partial charge in [-0.3, -0.25) is 10.1 Å². The zero-order valence-electron chi connectivity index (χ0n) is 10.9. The van der Waals surface area contributed by atoms with E-state index in [0.29, 0.717) is 11.3 Å². The second kappa shape index (κ2) is 6.85. The van der Waals surface area contributed by atoms with E-state index in [1.165, 1.54) is 0 Å². The highest BCUT2D eigenvalue weighted by Crippen LogP contribution is 2.21. The second-order valence-corrected chi connectivity index (χ2v) is 5.16. The van der Waals surface area contributed by atoms with Crippen LogP contribution in [0.4, 0.5) is 10.5 Å². The van der Waals surface area contributed by atoms with Crippen molar-refractivity contribution in [2.75, 3.05) is 5.32 Å². The topological polar surface area (TPSA) is 66.4 Å². The van der Waals surface area contributed by atoms with Crippen molar-refractivity contribution in [1.82, 2.24) is 0 Å². The van der Waals surface area contributed by atoms with E-state index in [2.05, 4.69) is 21.2 Å². The predicted octanol–water partition coefficient (Wildman–Crippen LogP) is 4.52. The highest BCUT2D eigenvalue weighted by Gasteiger charge is 2.03. The van der Waals surface area contributed by atoms with E-state index in [1.807, 2.05) is 18.2 Å². The first-order valence-electron chi connectivity index (χ1n) is 6.12. The summed E-state index contributed by atoms with van der Waals surface area (Å²) in [5.74, 6) is 0. The molecule has 4 nitrogen and oxygen atoms in total. The predicted molar refractivity (Wildman–Crippen MR) is 86.5 cm³/mol. The van der Waals surface area contributed by atoms with Crippen molar-refractivity contribution in [2.45, 2.75) is 0 Å². The Morgan fingerprint density at radius 3 is 2.48 bits per heavy atom. The molecule has 0 fully saturated rings. The Morgan fingerprint density at radius 2 is 1.76 bits per heavy atom. The third kappa shape index (κ3) is 4.03. The zero-order valence-corrected chi connectivity index (χ0v) is 12.5. The number of anilines is 1. The van der Waals surface area contributed by atoms with Gasteiger partial charge in [-0.1, -0.05) is 52.3 Å². The third-order valence-corrected chi connectivity index (χ3v) is 3.31. The molecule has 0 heterocycles. The molecule has 0 unspecified atom stereocenters. The molecule has 0 bridgehead atoms. The van der Waals surface area contributed by atoms with Gasteiger partial charge in [0.1, 0.15) is 0 Å². The van der Waals surface area contributed by atoms with Crippen LogP contribution in [-0.2, 0) is 0 Å². The summed E-state index contributed by atoms with van der Waals surface area (Å²) in [5, 5.41) is 11.1. The molecular weight excluding hydrogens is 334 g/mol. The Kier molecular flexibility index (Phi) is 4.90. The van der Waals surface area contributed by atoms with E-state index >= 15 is 0 Å². The van der Waals surface area contributed by atoms with Crippen LogP contribution in [0.1, 0.15) is 21.5 Å². The molecule has 0 spiro atoms. The first-order valence-corrected chi connectivity index (χ1v) is 6.91. The number of benzene rings is 2. The first kappa shape index (κ1) is 15.0. The van der Waals surface area contributed by atoms with Crippen LogP contribution in [0.15, 0.2) is 46.9 Å². The summed E-state index contributed by atoms with van der Waals surface area (Å²) in [4.78, 5) is 21.8. The molecule has 2 aromatic carbocycles. The maximum Gasteiger partial charge on any atom is 0.409 e. The number of amides is 1. The van der Waals surface area contributed by atoms with Crippen LogP contribution in [0.25, 0.3) is 12.2 Å². The fourth-order valence-corrected chi connectivity index (χ4v) is 2.23. The molecule has 2 rings (SSSR count). The van der Waals surface area contributed by atoms with E-state index < -0.39 is 6.09 Å². The number of carboxylic acid groups (broad SMARTS) is 1. The van der Waals surface area contributed by atoms with Crippen molar-refractivity contribution >= 4 is 46.1 Å². The Bertz CT molecular complexity index is 710. The van der Waals surface area contributed by atoms with E-state index in [0.717, 1.165) is 21.9 Å². The Balaban J connectivity index is 2.34. The molecule has 0 aliphatic heterocycles. The lowest BCUT2D eigenvalue weighted by Gasteiger charge is -2.05. The van der Waals surface area contributed by atoms with Gasteiger partial charge in [-0.05, 0) is 29.3 Å². The van der Waals surface area contributed by atoms with Crippen molar-refractivity contribution in [3.8, 4) is 0 Å². The zero-order chi connectivity index (χ0) is 15.2. The van der Waals surface area contributed by atoms with Gasteiger partial charge in [0.25, 0.3) is 0 Å². The van der Waals surface area contributed by atoms with Crippen LogP contribution < -0.4 is 5.32 Å². The lowest BCUT2D eigenvalue weighted by Crippen LogP contribution is -2.08. The highest BCUT2D eigenvalue weighted by molar-refractivity contribution is 9.10. The molecule has 1 amide bonds. The largest absolute Gasteiger partial charge is 0.465 e. The molecule has 21 heavy (non-hydrogen) atoms. The van der Waals surface area contributed by atoms with Gasteiger partial charge in [0.05, 0.1) is 5.69 Å². The molecule has 0 aliphatic rings. The van der Waals surface area contributed by atoms with Gasteiger partial charge < -0.3 is 5.11 Å². The molecule has 2 aromatic rings. The quantitative estimate of drug-likeness (QED) is 0.632. The molecule has 0 saturated heterocycles. The minimum Gasteiger partial charge on any atom is -0.465 e. The number of hydrogen-bond donors (Lipinski definition) is 2. The average molecular weight is 346 g/mol. The summed E-state index contributed by atoms with van der Waals surface area (Å²) < 4.78 is 0.828. The van der Waals surface area contributed by atoms with Crippen LogP contribution in [0.2, 0.25) is 0 Å². The molecule has 2 N–H and O–H groups in total. The monoisotopic (exact) mass is 345 g/mol. The molecule has 0 saturated carbocycles. The average Bonchev–Trinajstić information content (AvgIpc) is 2.46. The van der Waals surface area contributed by atoms with Crippen LogP contribution in [0, 0.1) is 0 Å². The second-order valence-electron chi connectivity index (χ2n) is 4.24. The van der Waals surface area contributed by atoms with Crippen molar-refractivity contribution < 1.29 is 14.7 Å². The van der Waals surface area contributed by atoms with Crippen LogP contribution in [-0.4, -0.2) is 17.5 Å². The highest BCUT2D eigenvalue weighted by atomic mass is 79.9. The summed E-state index contributed by atoms with van der Waals surface area (Å²) in [6.45, 7) is 0. The van der Waals surface area contributed by atoms with E-state index in [4.69, 9.17) is 5.11 Å². The summed E-state index contributed by atoms with van der Waals surface area (Å²) in [7, 11) is 0. The summed E-state index contributed by atoms with van der Waals surface area (Å²) >= 11 is 3.31. The van der Waals surface area contributed by atoms with Crippen molar-refractivity contribution in [2.24, 2.45) is 0 Å². The van der Waals surface area contributed by atoms with Gasteiger partial charge in [-0.2, -0.15) is 0 Å². The lowest BCUT2D eigenvalue weighted by molar-refractivity contribution is 0.112. The van der Waals surface area contributed by atoms with Crippen LogP contribution in [0.3, 0.4) is 0 Å². The number of rotatable bonds is 4. The van der Waals surface area contributed by atoms with Gasteiger partial charge in [0, 0.05) is 10.0 Å². The number of aldehydes is 1. The number of halogens is 1. The fourth-order valence-electron chi connectivity index (χ4n) is 1.85. The molecular formula is C16H12BrNO3. The fraction of sp³-hybridized carbons (Fsp3) is 0. The molecule has 0 aromatic heterocycles. The van der Waals surface area contributed by atoms with Crippen molar-refractivity contribution in [1.29, 1.82) is 0 Å². The summed E-state index contributed by atoms with van der Waals surface area (Å²) in [6.07, 6.45) is 3.21. The van der Waals surface area contributed by atoms with Gasteiger partial charge in [-0.25, -0.2) is 4.79 Å². The number of para-hydroxylation sites is 1. The van der Waals surface area contributed by atoms with Crippen molar-refractivity contribution in [3.63, 3.8) is 0 Å². The normalized spacial score (nSPS) is 10.5. The van der Waals surface area contributed by atoms with Crippen LogP contribution in [0.5, 0.6) is 0 Å². The minimum absolute atomic E-state index is 0.492. The van der Waals surface area contributed by atoms with Crippen LogP contribution >= 0.6 is 15.9 Å². The maximum absolute atomic E-state index is 11.1. The summed E-state index contributed by atoms with van der Waals surface area (Å²) in [5.41, 5.74) is 2.54. The lowest BCUT2D eigenvalue weighted by atomic mass is 10.1.